The van der Waals surface area contributed by atoms with Gasteiger partial charge in [0.2, 0.25) is 5.75 Å². The fourth-order valence-corrected chi connectivity index (χ4v) is 4.06. The van der Waals surface area contributed by atoms with Crippen LogP contribution in [0.4, 0.5) is 4.79 Å². The molecule has 1 aliphatic rings. The second-order valence-electron chi connectivity index (χ2n) is 9.63. The summed E-state index contributed by atoms with van der Waals surface area (Å²) < 4.78 is 31.8. The summed E-state index contributed by atoms with van der Waals surface area (Å²) in [5.41, 5.74) is 0.367. The number of ether oxygens (including phenoxy) is 6. The lowest BCUT2D eigenvalue weighted by Gasteiger charge is -2.29. The minimum absolute atomic E-state index is 0.00106. The van der Waals surface area contributed by atoms with Crippen LogP contribution in [0.5, 0.6) is 11.5 Å². The molecule has 0 radical (unpaired) electrons. The summed E-state index contributed by atoms with van der Waals surface area (Å²) in [6.45, 7) is 5.75. The van der Waals surface area contributed by atoms with Crippen molar-refractivity contribution in [1.29, 1.82) is 0 Å². The van der Waals surface area contributed by atoms with Gasteiger partial charge in [0.25, 0.3) is 5.91 Å². The SMILES string of the molecule is CCOC(=O)Oc1c(OC)ccnc1C(=O)N[C@H]1COC(=O)[C@H](Cc2ccccc2)C(OC(=O)C(C)C)[C@H](C)OC1=O. The average molecular weight is 587 g/mol. The number of amides is 1. The lowest BCUT2D eigenvalue weighted by molar-refractivity contribution is -0.176. The van der Waals surface area contributed by atoms with E-state index in [0.717, 1.165) is 5.56 Å². The number of methoxy groups -OCH3 is 1. The van der Waals surface area contributed by atoms with Gasteiger partial charge in [0.1, 0.15) is 18.6 Å². The van der Waals surface area contributed by atoms with Gasteiger partial charge in [-0.2, -0.15) is 0 Å². The molecule has 3 rings (SSSR count). The van der Waals surface area contributed by atoms with Crippen LogP contribution >= 0.6 is 0 Å². The first-order valence-electron chi connectivity index (χ1n) is 13.4. The minimum Gasteiger partial charge on any atom is -0.493 e. The van der Waals surface area contributed by atoms with Crippen LogP contribution in [-0.2, 0) is 39.8 Å². The van der Waals surface area contributed by atoms with Crippen LogP contribution in [0.3, 0.4) is 0 Å². The standard InChI is InChI=1S/C29H34N2O11/c1-6-38-29(36)42-24-21(37-5)12-13-30-22(24)25(32)31-20-15-39-27(34)19(14-18-10-8-7-9-11-18)23(17(4)40-28(20)35)41-26(33)16(2)3/h7-13,16-17,19-20,23H,6,14-15H2,1-5H3,(H,31,32)/t17-,19+,20-,23?/m0/s1. The van der Waals surface area contributed by atoms with Crippen molar-refractivity contribution in [3.05, 3.63) is 53.9 Å². The number of aromatic nitrogens is 1. The van der Waals surface area contributed by atoms with Crippen LogP contribution in [0.15, 0.2) is 42.6 Å². The fraction of sp³-hybridized carbons (Fsp3) is 0.448. The fourth-order valence-electron chi connectivity index (χ4n) is 4.06. The molecule has 0 bridgehead atoms. The molecule has 1 fully saturated rings. The zero-order valence-corrected chi connectivity index (χ0v) is 24.0. The molecule has 226 valence electrons. The Bertz CT molecular complexity index is 1280. The van der Waals surface area contributed by atoms with Gasteiger partial charge in [-0.05, 0) is 25.8 Å². The molecule has 1 saturated heterocycles. The van der Waals surface area contributed by atoms with Crippen molar-refractivity contribution in [1.82, 2.24) is 10.3 Å². The van der Waals surface area contributed by atoms with E-state index in [1.165, 1.54) is 26.3 Å². The third-order valence-corrected chi connectivity index (χ3v) is 6.22. The smallest absolute Gasteiger partial charge is 0.493 e. The number of pyridine rings is 1. The van der Waals surface area contributed by atoms with E-state index in [9.17, 15) is 24.0 Å². The predicted octanol–water partition coefficient (Wildman–Crippen LogP) is 2.64. The maximum absolute atomic E-state index is 13.4. The number of carbonyl (C=O) groups is 5. The van der Waals surface area contributed by atoms with Crippen LogP contribution in [0.25, 0.3) is 0 Å². The third kappa shape index (κ3) is 8.18. The summed E-state index contributed by atoms with van der Waals surface area (Å²) in [6, 6.07) is 8.90. The van der Waals surface area contributed by atoms with E-state index in [-0.39, 0.29) is 24.5 Å². The van der Waals surface area contributed by atoms with Crippen molar-refractivity contribution >= 4 is 30.0 Å². The lowest BCUT2D eigenvalue weighted by atomic mass is 9.91. The number of hydrogen-bond acceptors (Lipinski definition) is 12. The molecular formula is C29H34N2O11. The lowest BCUT2D eigenvalue weighted by Crippen LogP contribution is -2.47. The normalized spacial score (nSPS) is 20.6. The molecule has 1 aliphatic heterocycles. The zero-order chi connectivity index (χ0) is 30.8. The maximum atomic E-state index is 13.4. The van der Waals surface area contributed by atoms with Crippen molar-refractivity contribution in [3.8, 4) is 11.5 Å². The van der Waals surface area contributed by atoms with Gasteiger partial charge in [-0.15, -0.1) is 0 Å². The van der Waals surface area contributed by atoms with Gasteiger partial charge >= 0.3 is 24.1 Å². The number of cyclic esters (lactones) is 2. The van der Waals surface area contributed by atoms with Crippen LogP contribution in [0.2, 0.25) is 0 Å². The second-order valence-corrected chi connectivity index (χ2v) is 9.63. The van der Waals surface area contributed by atoms with Gasteiger partial charge in [0.05, 0.1) is 19.6 Å². The molecule has 1 aromatic heterocycles. The van der Waals surface area contributed by atoms with E-state index in [0.29, 0.717) is 0 Å². The highest BCUT2D eigenvalue weighted by Gasteiger charge is 2.42. The van der Waals surface area contributed by atoms with Gasteiger partial charge in [0, 0.05) is 12.3 Å². The summed E-state index contributed by atoms with van der Waals surface area (Å²) >= 11 is 0. The molecule has 42 heavy (non-hydrogen) atoms. The van der Waals surface area contributed by atoms with Crippen LogP contribution < -0.4 is 14.8 Å². The molecular weight excluding hydrogens is 552 g/mol. The highest BCUT2D eigenvalue weighted by molar-refractivity contribution is 5.98. The number of benzene rings is 1. The summed E-state index contributed by atoms with van der Waals surface area (Å²) in [7, 11) is 1.29. The first-order valence-corrected chi connectivity index (χ1v) is 13.4. The van der Waals surface area contributed by atoms with E-state index < -0.39 is 72.4 Å². The number of rotatable bonds is 9. The summed E-state index contributed by atoms with van der Waals surface area (Å²) in [6.07, 6.45) is -1.99. The first kappa shape index (κ1) is 31.8. The molecule has 1 N–H and O–H groups in total. The van der Waals surface area contributed by atoms with E-state index >= 15 is 0 Å². The van der Waals surface area contributed by atoms with Gasteiger partial charge < -0.3 is 33.7 Å². The average Bonchev–Trinajstić information content (AvgIpc) is 2.99. The Morgan fingerprint density at radius 2 is 1.81 bits per heavy atom. The second kappa shape index (κ2) is 14.8. The van der Waals surface area contributed by atoms with Crippen molar-refractivity contribution < 1.29 is 52.4 Å². The van der Waals surface area contributed by atoms with Crippen molar-refractivity contribution in [2.45, 2.75) is 52.4 Å². The summed E-state index contributed by atoms with van der Waals surface area (Å²) in [4.78, 5) is 68.3. The Morgan fingerprint density at radius 3 is 2.45 bits per heavy atom. The Balaban J connectivity index is 1.89. The Kier molecular flexibility index (Phi) is 11.2. The molecule has 13 heteroatoms. The topological polar surface area (TPSA) is 166 Å². The van der Waals surface area contributed by atoms with Crippen molar-refractivity contribution in [3.63, 3.8) is 0 Å². The summed E-state index contributed by atoms with van der Waals surface area (Å²) in [5, 5.41) is 2.41. The van der Waals surface area contributed by atoms with Crippen molar-refractivity contribution in [2.24, 2.45) is 11.8 Å². The highest BCUT2D eigenvalue weighted by Crippen LogP contribution is 2.30. The van der Waals surface area contributed by atoms with E-state index in [1.54, 1.807) is 45.0 Å². The molecule has 13 nitrogen and oxygen atoms in total. The van der Waals surface area contributed by atoms with Crippen LogP contribution in [-0.4, -0.2) is 73.5 Å². The molecule has 1 unspecified atom stereocenters. The molecule has 2 heterocycles. The zero-order valence-electron chi connectivity index (χ0n) is 24.0. The maximum Gasteiger partial charge on any atom is 0.514 e. The van der Waals surface area contributed by atoms with Gasteiger partial charge in [0.15, 0.2) is 23.6 Å². The molecule has 2 aromatic rings. The van der Waals surface area contributed by atoms with Gasteiger partial charge in [-0.1, -0.05) is 44.2 Å². The minimum atomic E-state index is -1.48. The Labute approximate surface area is 242 Å². The Morgan fingerprint density at radius 1 is 1.10 bits per heavy atom. The van der Waals surface area contributed by atoms with E-state index in [1.807, 2.05) is 6.07 Å². The van der Waals surface area contributed by atoms with E-state index in [2.05, 4.69) is 10.3 Å². The van der Waals surface area contributed by atoms with E-state index in [4.69, 9.17) is 28.4 Å². The number of hydrogen-bond donors (Lipinski definition) is 1. The number of esters is 3. The van der Waals surface area contributed by atoms with Crippen molar-refractivity contribution in [2.75, 3.05) is 20.3 Å². The molecule has 1 amide bonds. The molecule has 0 spiro atoms. The summed E-state index contributed by atoms with van der Waals surface area (Å²) in [5.74, 6) is -5.13. The first-order chi connectivity index (χ1) is 20.0. The third-order valence-electron chi connectivity index (χ3n) is 6.22. The van der Waals surface area contributed by atoms with Crippen LogP contribution in [0.1, 0.15) is 43.7 Å². The van der Waals surface area contributed by atoms with Gasteiger partial charge in [-0.3, -0.25) is 14.4 Å². The number of carbonyl (C=O) groups excluding carboxylic acids is 5. The van der Waals surface area contributed by atoms with Gasteiger partial charge in [-0.25, -0.2) is 14.6 Å². The predicted molar refractivity (Wildman–Crippen MR) is 145 cm³/mol. The number of nitrogens with one attached hydrogen (secondary N) is 1. The molecule has 0 aliphatic carbocycles. The monoisotopic (exact) mass is 586 g/mol. The molecule has 1 aromatic carbocycles. The number of nitrogens with zero attached hydrogens (tertiary/aromatic N) is 1. The molecule has 0 saturated carbocycles. The van der Waals surface area contributed by atoms with Crippen LogP contribution in [0, 0.1) is 11.8 Å². The quantitative estimate of drug-likeness (QED) is 0.338. The Hall–Kier alpha value is -4.68. The highest BCUT2D eigenvalue weighted by atomic mass is 16.7. The largest absolute Gasteiger partial charge is 0.514 e. The molecule has 4 atom stereocenters.